The molecule has 0 radical (unpaired) electrons. The van der Waals surface area contributed by atoms with E-state index in [2.05, 4.69) is 0 Å². The number of carbonyl (C=O) groups is 1. The maximum atomic E-state index is 10.9. The lowest BCUT2D eigenvalue weighted by molar-refractivity contribution is 0.111. The van der Waals surface area contributed by atoms with Gasteiger partial charge in [-0.15, -0.1) is 11.6 Å². The van der Waals surface area contributed by atoms with Gasteiger partial charge in [0.25, 0.3) is 0 Å². The molecule has 0 aromatic rings. The van der Waals surface area contributed by atoms with Crippen LogP contribution in [0.25, 0.3) is 0 Å². The van der Waals surface area contributed by atoms with Crippen molar-refractivity contribution in [1.29, 1.82) is 0 Å². The fourth-order valence-corrected chi connectivity index (χ4v) is 2.53. The van der Waals surface area contributed by atoms with Crippen molar-refractivity contribution in [3.63, 3.8) is 0 Å². The third-order valence-electron chi connectivity index (χ3n) is 3.20. The molecule has 14 heavy (non-hydrogen) atoms. The monoisotopic (exact) mass is 219 g/mol. The standard InChI is InChI=1S/C10H18ClNO2/c1-8(12(7-11)10(13)14)9-5-3-2-4-6-9/h8-9H,2-7H2,1H3,(H,13,14). The first kappa shape index (κ1) is 11.6. The van der Waals surface area contributed by atoms with E-state index in [0.29, 0.717) is 5.92 Å². The van der Waals surface area contributed by atoms with Crippen molar-refractivity contribution in [2.45, 2.75) is 45.1 Å². The first-order valence-electron chi connectivity index (χ1n) is 5.22. The number of nitrogens with zero attached hydrogens (tertiary/aromatic N) is 1. The molecule has 0 aliphatic heterocycles. The van der Waals surface area contributed by atoms with Gasteiger partial charge < -0.3 is 5.11 Å². The zero-order valence-corrected chi connectivity index (χ0v) is 9.33. The molecule has 1 atom stereocenters. The Labute approximate surface area is 90.0 Å². The van der Waals surface area contributed by atoms with Crippen LogP contribution in [-0.4, -0.2) is 28.1 Å². The molecule has 0 aromatic carbocycles. The van der Waals surface area contributed by atoms with Crippen molar-refractivity contribution in [1.82, 2.24) is 4.90 Å². The molecule has 1 rings (SSSR count). The van der Waals surface area contributed by atoms with Crippen molar-refractivity contribution in [2.24, 2.45) is 5.92 Å². The van der Waals surface area contributed by atoms with Crippen LogP contribution in [0.3, 0.4) is 0 Å². The zero-order chi connectivity index (χ0) is 10.6. The number of amides is 1. The second kappa shape index (κ2) is 5.44. The van der Waals surface area contributed by atoms with Crippen molar-refractivity contribution in [3.8, 4) is 0 Å². The van der Waals surface area contributed by atoms with E-state index in [4.69, 9.17) is 16.7 Å². The molecule has 0 spiro atoms. The summed E-state index contributed by atoms with van der Waals surface area (Å²) in [5, 5.41) is 8.92. The van der Waals surface area contributed by atoms with E-state index in [0.717, 1.165) is 12.8 Å². The zero-order valence-electron chi connectivity index (χ0n) is 8.58. The second-order valence-corrected chi connectivity index (χ2v) is 4.25. The summed E-state index contributed by atoms with van der Waals surface area (Å²) in [5.41, 5.74) is 0. The van der Waals surface area contributed by atoms with E-state index in [1.165, 1.54) is 24.2 Å². The van der Waals surface area contributed by atoms with E-state index < -0.39 is 6.09 Å². The summed E-state index contributed by atoms with van der Waals surface area (Å²) in [4.78, 5) is 12.2. The molecule has 1 aliphatic rings. The highest BCUT2D eigenvalue weighted by atomic mass is 35.5. The molecule has 1 aliphatic carbocycles. The molecule has 1 saturated carbocycles. The van der Waals surface area contributed by atoms with E-state index in [1.54, 1.807) is 0 Å². The minimum absolute atomic E-state index is 0.0605. The average molecular weight is 220 g/mol. The Morgan fingerprint density at radius 2 is 2.07 bits per heavy atom. The summed E-state index contributed by atoms with van der Waals surface area (Å²) in [6.45, 7) is 1.96. The summed E-state index contributed by atoms with van der Waals surface area (Å²) >= 11 is 5.62. The van der Waals surface area contributed by atoms with Gasteiger partial charge in [0.05, 0.1) is 6.00 Å². The Bertz CT molecular complexity index is 193. The van der Waals surface area contributed by atoms with Gasteiger partial charge in [-0.25, -0.2) is 4.79 Å². The maximum absolute atomic E-state index is 10.9. The molecule has 1 N–H and O–H groups in total. The fourth-order valence-electron chi connectivity index (χ4n) is 2.21. The fraction of sp³-hybridized carbons (Fsp3) is 0.900. The smallest absolute Gasteiger partial charge is 0.408 e. The van der Waals surface area contributed by atoms with Crippen LogP contribution >= 0.6 is 11.6 Å². The first-order valence-corrected chi connectivity index (χ1v) is 5.75. The van der Waals surface area contributed by atoms with Gasteiger partial charge in [0.15, 0.2) is 0 Å². The highest BCUT2D eigenvalue weighted by Gasteiger charge is 2.27. The van der Waals surface area contributed by atoms with Crippen molar-refractivity contribution >= 4 is 17.7 Å². The third kappa shape index (κ3) is 2.77. The van der Waals surface area contributed by atoms with Gasteiger partial charge in [0, 0.05) is 6.04 Å². The van der Waals surface area contributed by atoms with Crippen LogP contribution in [-0.2, 0) is 0 Å². The second-order valence-electron chi connectivity index (χ2n) is 4.01. The quantitative estimate of drug-likeness (QED) is 0.585. The van der Waals surface area contributed by atoms with Gasteiger partial charge in [-0.3, -0.25) is 4.90 Å². The minimum Gasteiger partial charge on any atom is -0.465 e. The third-order valence-corrected chi connectivity index (χ3v) is 3.46. The van der Waals surface area contributed by atoms with Gasteiger partial charge in [-0.1, -0.05) is 19.3 Å². The van der Waals surface area contributed by atoms with Crippen molar-refractivity contribution in [3.05, 3.63) is 0 Å². The van der Waals surface area contributed by atoms with Gasteiger partial charge in [0.1, 0.15) is 0 Å². The van der Waals surface area contributed by atoms with Crippen LogP contribution in [0.1, 0.15) is 39.0 Å². The van der Waals surface area contributed by atoms with Gasteiger partial charge >= 0.3 is 6.09 Å². The number of halogens is 1. The molecule has 1 fully saturated rings. The molecule has 3 nitrogen and oxygen atoms in total. The highest BCUT2D eigenvalue weighted by molar-refractivity contribution is 6.18. The van der Waals surface area contributed by atoms with E-state index in [-0.39, 0.29) is 12.0 Å². The van der Waals surface area contributed by atoms with Crippen LogP contribution in [0.4, 0.5) is 4.79 Å². The van der Waals surface area contributed by atoms with E-state index in [1.807, 2.05) is 6.92 Å². The minimum atomic E-state index is -0.905. The Balaban J connectivity index is 2.51. The predicted octanol–water partition coefficient (Wildman–Crippen LogP) is 3.13. The summed E-state index contributed by atoms with van der Waals surface area (Å²) in [6.07, 6.45) is 5.12. The number of alkyl halides is 1. The largest absolute Gasteiger partial charge is 0.465 e. The van der Waals surface area contributed by atoms with Crippen molar-refractivity contribution < 1.29 is 9.90 Å². The van der Waals surface area contributed by atoms with Gasteiger partial charge in [-0.2, -0.15) is 0 Å². The number of rotatable bonds is 3. The van der Waals surface area contributed by atoms with Crippen LogP contribution in [0.5, 0.6) is 0 Å². The van der Waals surface area contributed by atoms with Crippen LogP contribution in [0, 0.1) is 5.92 Å². The molecular weight excluding hydrogens is 202 g/mol. The topological polar surface area (TPSA) is 40.5 Å². The number of hydrogen-bond donors (Lipinski definition) is 1. The van der Waals surface area contributed by atoms with Crippen LogP contribution in [0.15, 0.2) is 0 Å². The molecular formula is C10H18ClNO2. The summed E-state index contributed by atoms with van der Waals surface area (Å²) in [5.74, 6) is 0.499. The lowest BCUT2D eigenvalue weighted by Crippen LogP contribution is -2.41. The first-order chi connectivity index (χ1) is 6.66. The van der Waals surface area contributed by atoms with E-state index in [9.17, 15) is 4.79 Å². The molecule has 1 amide bonds. The molecule has 0 heterocycles. The Morgan fingerprint density at radius 1 is 1.50 bits per heavy atom. The Hall–Kier alpha value is -0.440. The molecule has 82 valence electrons. The predicted molar refractivity (Wildman–Crippen MR) is 56.6 cm³/mol. The van der Waals surface area contributed by atoms with Gasteiger partial charge in [0.2, 0.25) is 0 Å². The summed E-state index contributed by atoms with van der Waals surface area (Å²) in [7, 11) is 0. The summed E-state index contributed by atoms with van der Waals surface area (Å²) < 4.78 is 0. The maximum Gasteiger partial charge on any atom is 0.408 e. The molecule has 1 unspecified atom stereocenters. The number of carboxylic acid groups (broad SMARTS) is 1. The van der Waals surface area contributed by atoms with Crippen molar-refractivity contribution in [2.75, 3.05) is 6.00 Å². The molecule has 0 saturated heterocycles. The van der Waals surface area contributed by atoms with E-state index >= 15 is 0 Å². The lowest BCUT2D eigenvalue weighted by atomic mass is 9.84. The molecule has 4 heteroatoms. The molecule has 0 aromatic heterocycles. The van der Waals surface area contributed by atoms with Gasteiger partial charge in [-0.05, 0) is 25.7 Å². The number of hydrogen-bond acceptors (Lipinski definition) is 1. The Kier molecular flexibility index (Phi) is 4.52. The normalized spacial score (nSPS) is 20.4. The van der Waals surface area contributed by atoms with Crippen LogP contribution < -0.4 is 0 Å². The molecule has 0 bridgehead atoms. The highest BCUT2D eigenvalue weighted by Crippen LogP contribution is 2.28. The van der Waals surface area contributed by atoms with Crippen LogP contribution in [0.2, 0.25) is 0 Å². The lowest BCUT2D eigenvalue weighted by Gasteiger charge is -2.33. The SMILES string of the molecule is CC(C1CCCCC1)N(CCl)C(=O)O. The average Bonchev–Trinajstić information content (AvgIpc) is 2.19. The Morgan fingerprint density at radius 3 is 2.50 bits per heavy atom. The summed E-state index contributed by atoms with van der Waals surface area (Å²) in [6, 6.07) is 0.137.